The number of primary amides is 1. The Balaban J connectivity index is 1.71. The van der Waals surface area contributed by atoms with Crippen LogP contribution in [0.1, 0.15) is 26.3 Å². The number of benzene rings is 3. The van der Waals surface area contributed by atoms with Gasteiger partial charge in [0, 0.05) is 17.7 Å². The zero-order valence-corrected chi connectivity index (χ0v) is 16.0. The Morgan fingerprint density at radius 3 is 2.45 bits per heavy atom. The molecule has 0 radical (unpaired) electrons. The van der Waals surface area contributed by atoms with E-state index in [1.165, 1.54) is 0 Å². The maximum absolute atomic E-state index is 12.5. The van der Waals surface area contributed by atoms with E-state index in [1.807, 2.05) is 24.3 Å². The number of nitrogens with one attached hydrogen (secondary N) is 1. The van der Waals surface area contributed by atoms with Crippen LogP contribution >= 0.6 is 0 Å². The molecule has 4 N–H and O–H groups in total. The number of aromatic hydroxyl groups is 1. The van der Waals surface area contributed by atoms with E-state index in [-0.39, 0.29) is 17.2 Å². The Morgan fingerprint density at radius 2 is 1.76 bits per heavy atom. The highest BCUT2D eigenvalue weighted by Gasteiger charge is 2.15. The third-order valence-corrected chi connectivity index (χ3v) is 4.59. The second-order valence-electron chi connectivity index (χ2n) is 6.50. The SMILES string of the molecule is COc1cccc(CCNC(=O)c2cccc(-c3ccc(C(N)=O)cc3)c2O)c1. The molecule has 0 bridgehead atoms. The number of methoxy groups -OCH3 is 1. The normalized spacial score (nSPS) is 10.4. The largest absolute Gasteiger partial charge is 0.506 e. The lowest BCUT2D eigenvalue weighted by atomic mass is 9.99. The van der Waals surface area contributed by atoms with Crippen LogP contribution in [0, 0.1) is 0 Å². The summed E-state index contributed by atoms with van der Waals surface area (Å²) in [5, 5.41) is 13.4. The molecule has 0 atom stereocenters. The van der Waals surface area contributed by atoms with Gasteiger partial charge >= 0.3 is 0 Å². The molecular weight excluding hydrogens is 368 g/mol. The number of carbonyl (C=O) groups excluding carboxylic acids is 2. The van der Waals surface area contributed by atoms with Crippen molar-refractivity contribution in [1.29, 1.82) is 0 Å². The van der Waals surface area contributed by atoms with E-state index in [9.17, 15) is 14.7 Å². The topological polar surface area (TPSA) is 102 Å². The first-order chi connectivity index (χ1) is 14.0. The zero-order chi connectivity index (χ0) is 20.8. The summed E-state index contributed by atoms with van der Waals surface area (Å²) in [7, 11) is 1.61. The van der Waals surface area contributed by atoms with Crippen LogP contribution < -0.4 is 15.8 Å². The molecule has 3 aromatic carbocycles. The van der Waals surface area contributed by atoms with Gasteiger partial charge in [0.15, 0.2) is 0 Å². The number of carbonyl (C=O) groups is 2. The molecule has 3 rings (SSSR count). The number of hydrogen-bond donors (Lipinski definition) is 3. The van der Waals surface area contributed by atoms with Gasteiger partial charge in [-0.25, -0.2) is 0 Å². The number of phenols is 1. The fraction of sp³-hybridized carbons (Fsp3) is 0.130. The highest BCUT2D eigenvalue weighted by atomic mass is 16.5. The molecule has 0 aliphatic rings. The molecule has 0 fully saturated rings. The summed E-state index contributed by atoms with van der Waals surface area (Å²) in [4.78, 5) is 23.8. The van der Waals surface area contributed by atoms with Crippen molar-refractivity contribution in [3.8, 4) is 22.6 Å². The minimum absolute atomic E-state index is 0.113. The first-order valence-corrected chi connectivity index (χ1v) is 9.13. The molecule has 0 unspecified atom stereocenters. The molecule has 0 aliphatic carbocycles. The van der Waals surface area contributed by atoms with Crippen LogP contribution in [0.25, 0.3) is 11.1 Å². The molecule has 0 saturated heterocycles. The second-order valence-corrected chi connectivity index (χ2v) is 6.50. The van der Waals surface area contributed by atoms with E-state index in [0.29, 0.717) is 29.7 Å². The van der Waals surface area contributed by atoms with Crippen LogP contribution in [0.4, 0.5) is 0 Å². The number of ether oxygens (including phenoxy) is 1. The lowest BCUT2D eigenvalue weighted by Crippen LogP contribution is -2.25. The Morgan fingerprint density at radius 1 is 1.03 bits per heavy atom. The van der Waals surface area contributed by atoms with Gasteiger partial charge in [-0.05, 0) is 47.9 Å². The van der Waals surface area contributed by atoms with Crippen LogP contribution in [0.15, 0.2) is 66.7 Å². The third-order valence-electron chi connectivity index (χ3n) is 4.59. The number of nitrogens with two attached hydrogens (primary N) is 1. The fourth-order valence-corrected chi connectivity index (χ4v) is 3.02. The van der Waals surface area contributed by atoms with Crippen LogP contribution in [-0.2, 0) is 6.42 Å². The number of para-hydroxylation sites is 1. The van der Waals surface area contributed by atoms with Crippen molar-refractivity contribution in [2.75, 3.05) is 13.7 Å². The predicted molar refractivity (Wildman–Crippen MR) is 111 cm³/mol. The summed E-state index contributed by atoms with van der Waals surface area (Å²) in [6.07, 6.45) is 0.637. The number of amides is 2. The van der Waals surface area contributed by atoms with Crippen molar-refractivity contribution in [3.05, 3.63) is 83.4 Å². The van der Waals surface area contributed by atoms with Crippen molar-refractivity contribution in [2.24, 2.45) is 5.73 Å². The van der Waals surface area contributed by atoms with Crippen molar-refractivity contribution in [1.82, 2.24) is 5.32 Å². The Bertz CT molecular complexity index is 1030. The van der Waals surface area contributed by atoms with Crippen molar-refractivity contribution in [2.45, 2.75) is 6.42 Å². The average molecular weight is 390 g/mol. The maximum atomic E-state index is 12.5. The average Bonchev–Trinajstić information content (AvgIpc) is 2.74. The Hall–Kier alpha value is -3.80. The van der Waals surface area contributed by atoms with Crippen molar-refractivity contribution in [3.63, 3.8) is 0 Å². The van der Waals surface area contributed by atoms with Crippen LogP contribution in [0.5, 0.6) is 11.5 Å². The van der Waals surface area contributed by atoms with Gasteiger partial charge in [0.1, 0.15) is 11.5 Å². The minimum Gasteiger partial charge on any atom is -0.506 e. The van der Waals surface area contributed by atoms with Gasteiger partial charge in [0.05, 0.1) is 12.7 Å². The summed E-state index contributed by atoms with van der Waals surface area (Å²) < 4.78 is 5.20. The molecular formula is C23H22N2O4. The lowest BCUT2D eigenvalue weighted by Gasteiger charge is -2.11. The second kappa shape index (κ2) is 8.93. The summed E-state index contributed by atoms with van der Waals surface area (Å²) in [5.41, 5.74) is 8.03. The molecule has 0 spiro atoms. The van der Waals surface area contributed by atoms with Gasteiger partial charge in [-0.1, -0.05) is 36.4 Å². The smallest absolute Gasteiger partial charge is 0.255 e. The molecule has 0 aromatic heterocycles. The summed E-state index contributed by atoms with van der Waals surface area (Å²) in [6.45, 7) is 0.420. The maximum Gasteiger partial charge on any atom is 0.255 e. The molecule has 29 heavy (non-hydrogen) atoms. The van der Waals surface area contributed by atoms with Crippen molar-refractivity contribution >= 4 is 11.8 Å². The van der Waals surface area contributed by atoms with Gasteiger partial charge < -0.3 is 20.9 Å². The zero-order valence-electron chi connectivity index (χ0n) is 16.0. The first-order valence-electron chi connectivity index (χ1n) is 9.13. The molecule has 148 valence electrons. The molecule has 6 heteroatoms. The number of rotatable bonds is 7. The summed E-state index contributed by atoms with van der Waals surface area (Å²) in [5.74, 6) is -0.231. The van der Waals surface area contributed by atoms with Gasteiger partial charge in [0.25, 0.3) is 5.91 Å². The number of phenolic OH excluding ortho intramolecular Hbond substituents is 1. The highest BCUT2D eigenvalue weighted by molar-refractivity contribution is 5.99. The molecule has 0 heterocycles. The lowest BCUT2D eigenvalue weighted by molar-refractivity contribution is 0.0950. The summed E-state index contributed by atoms with van der Waals surface area (Å²) >= 11 is 0. The Kier molecular flexibility index (Phi) is 6.14. The van der Waals surface area contributed by atoms with E-state index < -0.39 is 5.91 Å². The molecule has 2 amide bonds. The van der Waals surface area contributed by atoms with E-state index in [0.717, 1.165) is 11.3 Å². The van der Waals surface area contributed by atoms with Gasteiger partial charge in [-0.2, -0.15) is 0 Å². The van der Waals surface area contributed by atoms with Crippen LogP contribution in [0.3, 0.4) is 0 Å². The van der Waals surface area contributed by atoms with Crippen LogP contribution in [-0.4, -0.2) is 30.6 Å². The quantitative estimate of drug-likeness (QED) is 0.577. The molecule has 0 aliphatic heterocycles. The molecule has 6 nitrogen and oxygen atoms in total. The standard InChI is InChI=1S/C23H22N2O4/c1-29-18-5-2-4-15(14-18)12-13-25-23(28)20-7-3-6-19(21(20)26)16-8-10-17(11-9-16)22(24)27/h2-11,14,26H,12-13H2,1H3,(H2,24,27)(H,25,28). The van der Waals surface area contributed by atoms with E-state index >= 15 is 0 Å². The minimum atomic E-state index is -0.523. The highest BCUT2D eigenvalue weighted by Crippen LogP contribution is 2.32. The van der Waals surface area contributed by atoms with Gasteiger partial charge in [0.2, 0.25) is 5.91 Å². The monoisotopic (exact) mass is 390 g/mol. The first kappa shape index (κ1) is 19.9. The summed E-state index contributed by atoms with van der Waals surface area (Å²) in [6, 6.07) is 19.1. The Labute approximate surface area is 168 Å². The molecule has 3 aromatic rings. The van der Waals surface area contributed by atoms with Crippen LogP contribution in [0.2, 0.25) is 0 Å². The van der Waals surface area contributed by atoms with E-state index in [4.69, 9.17) is 10.5 Å². The number of hydrogen-bond acceptors (Lipinski definition) is 4. The van der Waals surface area contributed by atoms with Gasteiger partial charge in [-0.15, -0.1) is 0 Å². The van der Waals surface area contributed by atoms with Gasteiger partial charge in [-0.3, -0.25) is 9.59 Å². The van der Waals surface area contributed by atoms with E-state index in [2.05, 4.69) is 5.32 Å². The fourth-order valence-electron chi connectivity index (χ4n) is 3.02. The van der Waals surface area contributed by atoms with Crippen molar-refractivity contribution < 1.29 is 19.4 Å². The third kappa shape index (κ3) is 4.73. The molecule has 0 saturated carbocycles. The predicted octanol–water partition coefficient (Wildman–Crippen LogP) is 3.14. The van der Waals surface area contributed by atoms with E-state index in [1.54, 1.807) is 49.6 Å².